The molecule has 0 atom stereocenters. The summed E-state index contributed by atoms with van der Waals surface area (Å²) >= 11 is 0. The van der Waals surface area contributed by atoms with Gasteiger partial charge in [0.2, 0.25) is 0 Å². The van der Waals surface area contributed by atoms with E-state index in [4.69, 9.17) is 0 Å². The number of carbonyl (C=O) groups is 1. The average Bonchev–Trinajstić information content (AvgIpc) is 3.89. The summed E-state index contributed by atoms with van der Waals surface area (Å²) in [7, 11) is -2.25. The summed E-state index contributed by atoms with van der Waals surface area (Å²) < 4.78 is 11.2. The number of aromatic nitrogens is 12. The van der Waals surface area contributed by atoms with Gasteiger partial charge in [-0.25, -0.2) is 30.6 Å². The second-order valence-electron chi connectivity index (χ2n) is 9.98. The molecule has 0 fully saturated rings. The molecule has 0 bridgehead atoms. The van der Waals surface area contributed by atoms with Gasteiger partial charge in [0.15, 0.2) is 5.78 Å². The summed E-state index contributed by atoms with van der Waals surface area (Å²) in [6, 6.07) is 20.4. The minimum atomic E-state index is -1.12. The fourth-order valence-corrected chi connectivity index (χ4v) is 4.96. The monoisotopic (exact) mass is 760 g/mol. The first-order valence-electron chi connectivity index (χ1n) is 14.3. The van der Waals surface area contributed by atoms with Crippen LogP contribution < -0.4 is 5.11 Å². The van der Waals surface area contributed by atoms with Crippen molar-refractivity contribution < 1.29 is 48.5 Å². The number of hydrogen-bond donors (Lipinski definition) is 0. The molecule has 0 spiro atoms. The minimum absolute atomic E-state index is 0. The summed E-state index contributed by atoms with van der Waals surface area (Å²) in [6.07, 6.45) is 22.1. The van der Waals surface area contributed by atoms with Crippen LogP contribution in [0.1, 0.15) is 19.4 Å². The fourth-order valence-electron chi connectivity index (χ4n) is 4.96. The Labute approximate surface area is 296 Å². The molecule has 7 rings (SSSR count). The minimum Gasteiger partial charge on any atom is -0.875 e. The van der Waals surface area contributed by atoms with Crippen molar-refractivity contribution in [1.82, 2.24) is 58.1 Å². The van der Waals surface area contributed by atoms with Gasteiger partial charge in [0.25, 0.3) is 0 Å². The van der Waals surface area contributed by atoms with E-state index < -0.39 is 14.2 Å². The second kappa shape index (κ2) is 17.0. The predicted molar refractivity (Wildman–Crippen MR) is 170 cm³/mol. The molecule has 0 saturated carbocycles. The van der Waals surface area contributed by atoms with Crippen LogP contribution in [0.3, 0.4) is 0 Å². The van der Waals surface area contributed by atoms with E-state index >= 15 is 0 Å². The SMILES string of the molecule is CC(=O)/C(=C(/C)[O-])c1ccccc1.[Tb+3].c1cnn([BH-](n2cccn2)n2cccn2)c1.c1cnn([BH-](n2cccn2)n2cccn2)c1. The summed E-state index contributed by atoms with van der Waals surface area (Å²) in [5.41, 5.74) is 0.975. The maximum absolute atomic E-state index is 11.1. The van der Waals surface area contributed by atoms with Gasteiger partial charge in [-0.05, 0) is 86.1 Å². The Morgan fingerprint density at radius 3 is 1.00 bits per heavy atom. The van der Waals surface area contributed by atoms with E-state index in [-0.39, 0.29) is 55.7 Å². The third kappa shape index (κ3) is 8.63. The predicted octanol–water partition coefficient (Wildman–Crippen LogP) is 1.24. The van der Waals surface area contributed by atoms with Crippen molar-refractivity contribution in [3.8, 4) is 0 Å². The molecule has 0 aliphatic rings. The number of hydrogen-bond acceptors (Lipinski definition) is 8. The Morgan fingerprint density at radius 2 is 0.804 bits per heavy atom. The zero-order valence-electron chi connectivity index (χ0n) is 25.2. The average molecular weight is 760 g/mol. The number of ketones is 1. The van der Waals surface area contributed by atoms with Crippen molar-refractivity contribution in [1.29, 1.82) is 0 Å². The number of benzene rings is 1. The van der Waals surface area contributed by atoms with Crippen LogP contribution in [0.2, 0.25) is 0 Å². The van der Waals surface area contributed by atoms with Gasteiger partial charge in [0.05, 0.1) is 0 Å². The zero-order valence-corrected chi connectivity index (χ0v) is 27.3. The van der Waals surface area contributed by atoms with Gasteiger partial charge in [-0.1, -0.05) is 37.3 Å². The molecule has 0 radical (unpaired) electrons. The van der Waals surface area contributed by atoms with Gasteiger partial charge >= 0.3 is 52.8 Å². The van der Waals surface area contributed by atoms with E-state index in [1.165, 1.54) is 13.8 Å². The normalized spacial score (nSPS) is 11.1. The third-order valence-electron chi connectivity index (χ3n) is 6.86. The van der Waals surface area contributed by atoms with Gasteiger partial charge in [-0.3, -0.25) is 4.79 Å². The van der Waals surface area contributed by atoms with Gasteiger partial charge in [0.1, 0.15) is 0 Å². The first kappa shape index (κ1) is 34.0. The van der Waals surface area contributed by atoms with E-state index in [0.717, 1.165) is 0 Å². The van der Waals surface area contributed by atoms with Gasteiger partial charge in [-0.15, -0.1) is 5.76 Å². The molecule has 1 aromatic carbocycles. The van der Waals surface area contributed by atoms with Crippen molar-refractivity contribution in [2.24, 2.45) is 0 Å². The largest absolute Gasteiger partial charge is 3.00 e. The molecule has 6 heterocycles. The topological polar surface area (TPSA) is 147 Å². The smallest absolute Gasteiger partial charge is 0.875 e. The Hall–Kier alpha value is -4.89. The van der Waals surface area contributed by atoms with Crippen molar-refractivity contribution in [3.63, 3.8) is 0 Å². The number of Topliss-reactive ketones (excluding diaryl/α,β-unsaturated/α-hetero) is 1. The summed E-state index contributed by atoms with van der Waals surface area (Å²) in [4.78, 5) is 11.1. The van der Waals surface area contributed by atoms with Crippen molar-refractivity contribution >= 4 is 25.6 Å². The Bertz CT molecular complexity index is 1570. The Balaban J connectivity index is 0.000000156. The maximum Gasteiger partial charge on any atom is 3.00 e. The van der Waals surface area contributed by atoms with Crippen LogP contribution in [-0.2, 0) is 4.79 Å². The van der Waals surface area contributed by atoms with Gasteiger partial charge in [0, 0.05) is 42.8 Å². The molecule has 0 amide bonds. The maximum atomic E-state index is 11.1. The molecule has 0 saturated heterocycles. The molecular weight excluding hydrogens is 729 g/mol. The summed E-state index contributed by atoms with van der Waals surface area (Å²) in [5, 5.41) is 36.7. The fraction of sp³-hybridized carbons (Fsp3) is 0.0690. The molecule has 14 nitrogen and oxygen atoms in total. The van der Waals surface area contributed by atoms with Crippen LogP contribution in [0.5, 0.6) is 0 Å². The molecule has 0 aliphatic heterocycles. The molecule has 7 aromatic rings. The third-order valence-corrected chi connectivity index (χ3v) is 6.86. The number of allylic oxidation sites excluding steroid dienone is 2. The quantitative estimate of drug-likeness (QED) is 0.128. The van der Waals surface area contributed by atoms with Gasteiger partial charge < -0.3 is 32.7 Å². The number of carbonyl (C=O) groups excluding carboxylic acids is 1. The number of rotatable bonds is 8. The van der Waals surface area contributed by atoms with Crippen LogP contribution in [0.4, 0.5) is 0 Å². The van der Waals surface area contributed by atoms with E-state index in [0.29, 0.717) is 5.56 Å². The van der Waals surface area contributed by atoms with Crippen LogP contribution in [-0.4, -0.2) is 78.2 Å². The first-order valence-corrected chi connectivity index (χ1v) is 14.3. The van der Waals surface area contributed by atoms with Crippen LogP contribution >= 0.6 is 0 Å². The van der Waals surface area contributed by atoms with Crippen LogP contribution in [0, 0.1) is 38.6 Å². The summed E-state index contributed by atoms with van der Waals surface area (Å²) in [6.45, 7) is 2.81. The molecule has 17 heteroatoms. The Kier molecular flexibility index (Phi) is 12.5. The van der Waals surface area contributed by atoms with Crippen molar-refractivity contribution in [2.75, 3.05) is 0 Å². The summed E-state index contributed by atoms with van der Waals surface area (Å²) in [5.74, 6) is -0.364. The zero-order chi connectivity index (χ0) is 31.4. The molecular formula is C29H31B2N12O2Tb. The standard InChI is InChI=1S/C11H12O2.2C9H10BN6.Tb/c1-8(12)11(9(2)13)10-6-4-3-5-7-10;2*1-4-11-14(7-1)10(15-8-2-5-12-15)16-9-3-6-13-16;/h3-7,12H,1-2H3;2*1-10H;/q;2*-1;+3/p-1/b11-8+;;;. The van der Waals surface area contributed by atoms with Crippen molar-refractivity contribution in [2.45, 2.75) is 13.8 Å². The van der Waals surface area contributed by atoms with E-state index in [9.17, 15) is 9.90 Å². The second-order valence-corrected chi connectivity index (χ2v) is 9.98. The molecule has 0 aliphatic carbocycles. The number of nitrogens with zero attached hydrogens (tertiary/aromatic N) is 12. The molecule has 0 unspecified atom stereocenters. The van der Waals surface area contributed by atoms with Gasteiger partial charge in [-0.2, -0.15) is 0 Å². The van der Waals surface area contributed by atoms with E-state index in [1.807, 2.05) is 107 Å². The van der Waals surface area contributed by atoms with Crippen LogP contribution in [0.15, 0.2) is 147 Å². The molecule has 0 N–H and O–H groups in total. The molecule has 6 aromatic heterocycles. The first-order chi connectivity index (χ1) is 22.0. The molecule has 234 valence electrons. The van der Waals surface area contributed by atoms with E-state index in [1.54, 1.807) is 61.4 Å². The Morgan fingerprint density at radius 1 is 0.522 bits per heavy atom. The van der Waals surface area contributed by atoms with Crippen molar-refractivity contribution in [3.05, 3.63) is 152 Å². The van der Waals surface area contributed by atoms with Crippen LogP contribution in [0.25, 0.3) is 5.57 Å². The molecule has 46 heavy (non-hydrogen) atoms. The van der Waals surface area contributed by atoms with E-state index in [2.05, 4.69) is 30.6 Å².